The average molecular weight is 838 g/mol. The molecule has 6 heteroatoms. The van der Waals surface area contributed by atoms with Crippen molar-refractivity contribution in [1.29, 1.82) is 0 Å². The van der Waals surface area contributed by atoms with Gasteiger partial charge in [0.05, 0.1) is 25.2 Å². The van der Waals surface area contributed by atoms with E-state index in [2.05, 4.69) is 80.8 Å². The van der Waals surface area contributed by atoms with E-state index in [0.717, 1.165) is 96.3 Å². The van der Waals surface area contributed by atoms with Gasteiger partial charge in [-0.25, -0.2) is 0 Å². The Bertz CT molecular complexity index is 1120. The van der Waals surface area contributed by atoms with Gasteiger partial charge in [0.15, 0.2) is 0 Å². The number of aliphatic hydroxyl groups excluding tert-OH is 2. The van der Waals surface area contributed by atoms with Gasteiger partial charge in [0.1, 0.15) is 6.10 Å². The van der Waals surface area contributed by atoms with E-state index < -0.39 is 18.2 Å². The summed E-state index contributed by atoms with van der Waals surface area (Å²) in [5, 5.41) is 23.7. The summed E-state index contributed by atoms with van der Waals surface area (Å²) in [4.78, 5) is 26.1. The van der Waals surface area contributed by atoms with Gasteiger partial charge in [0.2, 0.25) is 5.91 Å². The molecule has 0 aromatic carbocycles. The summed E-state index contributed by atoms with van der Waals surface area (Å²) >= 11 is 0. The van der Waals surface area contributed by atoms with Crippen molar-refractivity contribution in [2.75, 3.05) is 6.61 Å². The van der Waals surface area contributed by atoms with E-state index in [9.17, 15) is 19.8 Å². The molecule has 0 heterocycles. The monoisotopic (exact) mass is 838 g/mol. The van der Waals surface area contributed by atoms with Crippen molar-refractivity contribution in [3.8, 4) is 0 Å². The molecule has 0 fully saturated rings. The number of carbonyl (C=O) groups is 2. The van der Waals surface area contributed by atoms with E-state index in [0.29, 0.717) is 19.3 Å². The normalized spacial score (nSPS) is 13.9. The first-order valence-electron chi connectivity index (χ1n) is 25.2. The topological polar surface area (TPSA) is 95.9 Å². The van der Waals surface area contributed by atoms with Crippen molar-refractivity contribution in [2.45, 2.75) is 251 Å². The Hall–Kier alpha value is -2.70. The zero-order chi connectivity index (χ0) is 43.8. The van der Waals surface area contributed by atoms with Gasteiger partial charge >= 0.3 is 5.97 Å². The molecule has 3 N–H and O–H groups in total. The van der Waals surface area contributed by atoms with E-state index in [1.807, 2.05) is 18.2 Å². The molecule has 0 aliphatic rings. The van der Waals surface area contributed by atoms with Gasteiger partial charge in [-0.1, -0.05) is 216 Å². The molecule has 0 aliphatic heterocycles. The average Bonchev–Trinajstić information content (AvgIpc) is 3.24. The third kappa shape index (κ3) is 42.0. The van der Waals surface area contributed by atoms with E-state index in [4.69, 9.17) is 4.74 Å². The van der Waals surface area contributed by atoms with Gasteiger partial charge in [-0.3, -0.25) is 9.59 Å². The molecule has 0 aliphatic carbocycles. The second kappa shape index (κ2) is 47.4. The number of carbonyl (C=O) groups excluding carboxylic acids is 2. The molecule has 0 spiro atoms. The molecule has 0 saturated heterocycles. The van der Waals surface area contributed by atoms with Crippen molar-refractivity contribution >= 4 is 11.9 Å². The van der Waals surface area contributed by atoms with Crippen molar-refractivity contribution in [3.05, 3.63) is 72.9 Å². The highest BCUT2D eigenvalue weighted by atomic mass is 16.5. The highest BCUT2D eigenvalue weighted by molar-refractivity contribution is 5.77. The molecular formula is C54H95NO5. The fraction of sp³-hybridized carbons (Fsp3) is 0.741. The molecule has 3 unspecified atom stereocenters. The third-order valence-corrected chi connectivity index (χ3v) is 11.1. The number of nitrogens with one attached hydrogen (secondary N) is 1. The lowest BCUT2D eigenvalue weighted by Crippen LogP contribution is -2.46. The number of allylic oxidation sites excluding steroid dienone is 12. The molecular weight excluding hydrogens is 743 g/mol. The minimum absolute atomic E-state index is 0.0557. The minimum atomic E-state index is -0.798. The van der Waals surface area contributed by atoms with E-state index in [-0.39, 0.29) is 24.9 Å². The van der Waals surface area contributed by atoms with Crippen molar-refractivity contribution in [1.82, 2.24) is 5.32 Å². The van der Waals surface area contributed by atoms with Crippen LogP contribution in [0, 0.1) is 0 Å². The number of amides is 1. The number of aliphatic hydroxyl groups is 2. The van der Waals surface area contributed by atoms with Crippen LogP contribution in [-0.2, 0) is 14.3 Å². The first-order valence-corrected chi connectivity index (χ1v) is 25.2. The Balaban J connectivity index is 4.68. The van der Waals surface area contributed by atoms with Crippen LogP contribution in [0.25, 0.3) is 0 Å². The van der Waals surface area contributed by atoms with Crippen LogP contribution >= 0.6 is 0 Å². The summed E-state index contributed by atoms with van der Waals surface area (Å²) in [6.07, 6.45) is 59.5. The summed E-state index contributed by atoms with van der Waals surface area (Å²) < 4.78 is 5.92. The molecule has 0 rings (SSSR count). The van der Waals surface area contributed by atoms with Gasteiger partial charge in [-0.2, -0.15) is 0 Å². The van der Waals surface area contributed by atoms with Gasteiger partial charge in [-0.15, -0.1) is 0 Å². The number of rotatable bonds is 44. The SMILES string of the molecule is CC/C=C/C=C/C=C/C=C\CCCCCCCC(=O)OC(CCCCCCC/C=C\C/C=C\CCCCC)CC(=O)NC(CO)C(O)CCCCCCCCCCCCC. The van der Waals surface area contributed by atoms with Gasteiger partial charge < -0.3 is 20.3 Å². The Morgan fingerprint density at radius 3 is 1.53 bits per heavy atom. The number of hydrogen-bond acceptors (Lipinski definition) is 5. The first-order chi connectivity index (χ1) is 29.5. The van der Waals surface area contributed by atoms with Gasteiger partial charge in [0.25, 0.3) is 0 Å². The zero-order valence-electron chi connectivity index (χ0n) is 39.3. The van der Waals surface area contributed by atoms with Crippen LogP contribution in [0.15, 0.2) is 72.9 Å². The number of unbranched alkanes of at least 4 members (excludes halogenated alkanes) is 23. The molecule has 0 saturated carbocycles. The second-order valence-electron chi connectivity index (χ2n) is 16.9. The van der Waals surface area contributed by atoms with Crippen LogP contribution in [0.3, 0.4) is 0 Å². The lowest BCUT2D eigenvalue weighted by Gasteiger charge is -2.24. The Morgan fingerprint density at radius 1 is 0.517 bits per heavy atom. The number of hydrogen-bond donors (Lipinski definition) is 3. The third-order valence-electron chi connectivity index (χ3n) is 11.1. The van der Waals surface area contributed by atoms with E-state index >= 15 is 0 Å². The quantitative estimate of drug-likeness (QED) is 0.0246. The molecule has 6 nitrogen and oxygen atoms in total. The summed E-state index contributed by atoms with van der Waals surface area (Å²) in [6.45, 7) is 6.30. The predicted octanol–water partition coefficient (Wildman–Crippen LogP) is 15.0. The molecule has 0 bridgehead atoms. The largest absolute Gasteiger partial charge is 0.462 e. The maximum absolute atomic E-state index is 13.2. The number of esters is 1. The van der Waals surface area contributed by atoms with Crippen LogP contribution in [0.1, 0.15) is 233 Å². The van der Waals surface area contributed by atoms with Crippen molar-refractivity contribution in [3.63, 3.8) is 0 Å². The standard InChI is InChI=1S/C54H95NO5/c1-4-7-10-13-16-19-22-24-26-28-31-33-36-39-42-45-50(60-54(59)47-44-41-38-35-32-29-27-25-23-20-17-14-11-8-5-2)48-53(58)55-51(49-56)52(57)46-43-40-37-34-30-21-18-15-12-9-6-3/h8,11,14,16-17,19-20,23-27,50-52,56-57H,4-7,9-10,12-13,15,18,21-22,28-49H2,1-3H3,(H,55,58)/b11-8+,17-14+,19-16-,23-20+,26-24-,27-25-. The zero-order valence-corrected chi connectivity index (χ0v) is 39.3. The van der Waals surface area contributed by atoms with Crippen LogP contribution in [-0.4, -0.2) is 46.9 Å². The van der Waals surface area contributed by atoms with E-state index in [1.165, 1.54) is 89.9 Å². The molecule has 1 amide bonds. The predicted molar refractivity (Wildman–Crippen MR) is 259 cm³/mol. The van der Waals surface area contributed by atoms with Gasteiger partial charge in [0, 0.05) is 6.42 Å². The fourth-order valence-electron chi connectivity index (χ4n) is 7.29. The fourth-order valence-corrected chi connectivity index (χ4v) is 7.29. The highest BCUT2D eigenvalue weighted by Gasteiger charge is 2.24. The lowest BCUT2D eigenvalue weighted by molar-refractivity contribution is -0.151. The van der Waals surface area contributed by atoms with Crippen LogP contribution in [0.5, 0.6) is 0 Å². The minimum Gasteiger partial charge on any atom is -0.462 e. The van der Waals surface area contributed by atoms with Gasteiger partial charge in [-0.05, 0) is 77.0 Å². The first kappa shape index (κ1) is 57.3. The highest BCUT2D eigenvalue weighted by Crippen LogP contribution is 2.17. The smallest absolute Gasteiger partial charge is 0.306 e. The Morgan fingerprint density at radius 2 is 0.967 bits per heavy atom. The maximum atomic E-state index is 13.2. The van der Waals surface area contributed by atoms with Crippen molar-refractivity contribution < 1.29 is 24.5 Å². The van der Waals surface area contributed by atoms with Crippen LogP contribution < -0.4 is 5.32 Å². The lowest BCUT2D eigenvalue weighted by atomic mass is 10.0. The molecule has 0 aromatic heterocycles. The van der Waals surface area contributed by atoms with Crippen LogP contribution in [0.4, 0.5) is 0 Å². The Labute approximate surface area is 371 Å². The molecule has 346 valence electrons. The maximum Gasteiger partial charge on any atom is 0.306 e. The summed E-state index contributed by atoms with van der Waals surface area (Å²) in [6, 6.07) is -0.713. The second-order valence-corrected chi connectivity index (χ2v) is 16.9. The van der Waals surface area contributed by atoms with Crippen molar-refractivity contribution in [2.24, 2.45) is 0 Å². The Kier molecular flexibility index (Phi) is 45.2. The molecule has 0 aromatic rings. The summed E-state index contributed by atoms with van der Waals surface area (Å²) in [5.74, 6) is -0.517. The molecule has 0 radical (unpaired) electrons. The van der Waals surface area contributed by atoms with Crippen LogP contribution in [0.2, 0.25) is 0 Å². The molecule has 60 heavy (non-hydrogen) atoms. The van der Waals surface area contributed by atoms with E-state index in [1.54, 1.807) is 0 Å². The summed E-state index contributed by atoms with van der Waals surface area (Å²) in [5.41, 5.74) is 0. The molecule has 3 atom stereocenters. The number of ether oxygens (including phenoxy) is 1. The summed E-state index contributed by atoms with van der Waals surface area (Å²) in [7, 11) is 0.